The number of rotatable bonds is 11. The molecule has 4 rings (SSSR count). The molecule has 3 aromatic rings. The molecule has 1 aliphatic rings. The molecule has 1 N–H and O–H groups in total. The Bertz CT molecular complexity index is 1210. The molecule has 0 aliphatic carbocycles. The molecule has 1 fully saturated rings. The normalized spacial score (nSPS) is 17.3. The van der Waals surface area contributed by atoms with Crippen LogP contribution in [0.3, 0.4) is 0 Å². The molecule has 38 heavy (non-hydrogen) atoms. The monoisotopic (exact) mass is 542 g/mol. The third-order valence-corrected chi connectivity index (χ3v) is 12.1. The van der Waals surface area contributed by atoms with E-state index in [9.17, 15) is 0 Å². The number of aliphatic hydroxyl groups is 1. The minimum atomic E-state index is -1.99. The number of nitrogens with zero attached hydrogens (tertiary/aromatic N) is 4. The van der Waals surface area contributed by atoms with Gasteiger partial charge in [0.05, 0.1) is 18.3 Å². The highest BCUT2D eigenvalue weighted by atomic mass is 28.4. The van der Waals surface area contributed by atoms with Crippen LogP contribution in [0.5, 0.6) is 5.75 Å². The molecular weight excluding hydrogens is 496 g/mol. The molecule has 0 saturated carbocycles. The summed E-state index contributed by atoms with van der Waals surface area (Å²) in [5.74, 6) is 0.892. The molecule has 0 bridgehead atoms. The zero-order chi connectivity index (χ0) is 27.6. The lowest BCUT2D eigenvalue weighted by atomic mass is 9.95. The lowest BCUT2D eigenvalue weighted by molar-refractivity contribution is -0.0365. The van der Waals surface area contributed by atoms with Crippen LogP contribution in [0.1, 0.15) is 66.5 Å². The minimum Gasteiger partial charge on any atom is -0.543 e. The van der Waals surface area contributed by atoms with Gasteiger partial charge in [-0.15, -0.1) is 0 Å². The molecule has 2 aromatic heterocycles. The van der Waals surface area contributed by atoms with E-state index in [1.165, 1.54) is 0 Å². The summed E-state index contributed by atoms with van der Waals surface area (Å²) in [6.07, 6.45) is 7.77. The van der Waals surface area contributed by atoms with Gasteiger partial charge >= 0.3 is 0 Å². The van der Waals surface area contributed by atoms with Crippen molar-refractivity contribution in [1.82, 2.24) is 19.6 Å². The Kier molecular flexibility index (Phi) is 8.71. The first-order valence-electron chi connectivity index (χ1n) is 13.9. The van der Waals surface area contributed by atoms with Crippen LogP contribution in [0, 0.1) is 5.41 Å². The maximum absolute atomic E-state index is 8.99. The predicted molar refractivity (Wildman–Crippen MR) is 154 cm³/mol. The van der Waals surface area contributed by atoms with Gasteiger partial charge in [0.1, 0.15) is 11.4 Å². The fourth-order valence-corrected chi connectivity index (χ4v) is 5.57. The fourth-order valence-electron chi connectivity index (χ4n) is 4.55. The van der Waals surface area contributed by atoms with Crippen molar-refractivity contribution in [2.75, 3.05) is 26.4 Å². The average Bonchev–Trinajstić information content (AvgIpc) is 3.45. The topological polar surface area (TPSA) is 83.6 Å². The smallest absolute Gasteiger partial charge is 0.250 e. The lowest BCUT2D eigenvalue weighted by Crippen LogP contribution is -2.43. The van der Waals surface area contributed by atoms with Gasteiger partial charge < -0.3 is 19.0 Å². The van der Waals surface area contributed by atoms with E-state index in [4.69, 9.17) is 24.1 Å². The number of hydrogen-bond acceptors (Lipinski definition) is 6. The largest absolute Gasteiger partial charge is 0.543 e. The van der Waals surface area contributed by atoms with E-state index in [-0.39, 0.29) is 23.3 Å². The molecule has 0 amide bonds. The summed E-state index contributed by atoms with van der Waals surface area (Å²) in [6.45, 7) is 18.5. The van der Waals surface area contributed by atoms with Crippen molar-refractivity contribution < 1.29 is 19.0 Å². The zero-order valence-electron chi connectivity index (χ0n) is 24.3. The van der Waals surface area contributed by atoms with Crippen LogP contribution in [0.4, 0.5) is 0 Å². The van der Waals surface area contributed by atoms with Gasteiger partial charge in [0.15, 0.2) is 6.23 Å². The second-order valence-electron chi connectivity index (χ2n) is 12.9. The van der Waals surface area contributed by atoms with Crippen LogP contribution in [0.25, 0.3) is 22.2 Å². The van der Waals surface area contributed by atoms with E-state index >= 15 is 0 Å². The second-order valence-corrected chi connectivity index (χ2v) is 17.6. The molecule has 1 atom stereocenters. The molecule has 1 unspecified atom stereocenters. The standard InChI is InChI=1S/C29H46N4O4Si/c1-28(2,3)38(6,7)37-23-12-13-25-24(17-23)27(31-33(25)26-11-8-9-16-36-26)22-18-30-32(19-22)20-29(4,5)21-35-15-10-14-34/h12-13,17-19,26,34H,8-11,14-16,20-21H2,1-7H3. The molecule has 8 nitrogen and oxygen atoms in total. The van der Waals surface area contributed by atoms with Crippen LogP contribution < -0.4 is 4.43 Å². The van der Waals surface area contributed by atoms with E-state index in [1.807, 2.05) is 10.9 Å². The molecule has 0 spiro atoms. The van der Waals surface area contributed by atoms with Gasteiger partial charge in [-0.2, -0.15) is 10.2 Å². The predicted octanol–water partition coefficient (Wildman–Crippen LogP) is 6.41. The van der Waals surface area contributed by atoms with Crippen molar-refractivity contribution in [3.8, 4) is 17.0 Å². The van der Waals surface area contributed by atoms with Crippen LogP contribution >= 0.6 is 0 Å². The Hall–Kier alpha value is -2.20. The Labute approximate surface area is 228 Å². The summed E-state index contributed by atoms with van der Waals surface area (Å²) in [6, 6.07) is 6.35. The van der Waals surface area contributed by atoms with Crippen LogP contribution in [0.15, 0.2) is 30.6 Å². The van der Waals surface area contributed by atoms with Crippen molar-refractivity contribution in [3.63, 3.8) is 0 Å². The first-order valence-corrected chi connectivity index (χ1v) is 16.9. The van der Waals surface area contributed by atoms with Crippen molar-refractivity contribution in [2.45, 2.75) is 91.2 Å². The van der Waals surface area contributed by atoms with Crippen molar-refractivity contribution in [2.24, 2.45) is 5.41 Å². The van der Waals surface area contributed by atoms with Crippen LogP contribution in [0.2, 0.25) is 18.1 Å². The third kappa shape index (κ3) is 6.68. The maximum atomic E-state index is 8.99. The van der Waals surface area contributed by atoms with E-state index < -0.39 is 8.32 Å². The third-order valence-electron chi connectivity index (χ3n) is 7.72. The molecular formula is C29H46N4O4Si. The van der Waals surface area contributed by atoms with Gasteiger partial charge in [0.2, 0.25) is 8.32 Å². The van der Waals surface area contributed by atoms with Crippen molar-refractivity contribution >= 4 is 19.2 Å². The number of benzene rings is 1. The number of aromatic nitrogens is 4. The number of hydrogen-bond donors (Lipinski definition) is 1. The lowest BCUT2D eigenvalue weighted by Gasteiger charge is -2.36. The molecule has 1 aliphatic heterocycles. The van der Waals surface area contributed by atoms with Crippen molar-refractivity contribution in [3.05, 3.63) is 30.6 Å². The first kappa shape index (κ1) is 28.8. The van der Waals surface area contributed by atoms with Gasteiger partial charge in [0.25, 0.3) is 0 Å². The highest BCUT2D eigenvalue weighted by Crippen LogP contribution is 2.40. The van der Waals surface area contributed by atoms with Crippen LogP contribution in [-0.2, 0) is 16.0 Å². The van der Waals surface area contributed by atoms with Gasteiger partial charge in [-0.25, -0.2) is 4.68 Å². The van der Waals surface area contributed by atoms with E-state index in [0.29, 0.717) is 19.6 Å². The molecule has 1 saturated heterocycles. The first-order chi connectivity index (χ1) is 17.9. The van der Waals surface area contributed by atoms with Crippen LogP contribution in [-0.4, -0.2) is 59.4 Å². The van der Waals surface area contributed by atoms with E-state index in [0.717, 1.165) is 60.3 Å². The molecule has 0 radical (unpaired) electrons. The Balaban J connectivity index is 1.66. The summed E-state index contributed by atoms with van der Waals surface area (Å²) < 4.78 is 22.6. The Morgan fingerprint density at radius 3 is 2.63 bits per heavy atom. The van der Waals surface area contributed by atoms with Crippen molar-refractivity contribution in [1.29, 1.82) is 0 Å². The summed E-state index contributed by atoms with van der Waals surface area (Å²) in [7, 11) is -1.99. The van der Waals surface area contributed by atoms with E-state index in [2.05, 4.69) is 81.9 Å². The quantitative estimate of drug-likeness (QED) is 0.223. The molecule has 210 valence electrons. The average molecular weight is 543 g/mol. The molecule has 1 aromatic carbocycles. The second kappa shape index (κ2) is 11.5. The number of ether oxygens (including phenoxy) is 2. The SMILES string of the molecule is CC(C)(COCCCO)Cn1cc(-c2nn(C3CCCCO3)c3ccc(O[Si](C)(C)C(C)(C)C)cc23)cn1. The fraction of sp³-hybridized carbons (Fsp3) is 0.655. The number of fused-ring (bicyclic) bond motifs is 1. The molecule has 9 heteroatoms. The zero-order valence-corrected chi connectivity index (χ0v) is 25.3. The van der Waals surface area contributed by atoms with E-state index in [1.54, 1.807) is 0 Å². The van der Waals surface area contributed by atoms with Gasteiger partial charge in [-0.3, -0.25) is 4.68 Å². The highest BCUT2D eigenvalue weighted by Gasteiger charge is 2.39. The highest BCUT2D eigenvalue weighted by molar-refractivity contribution is 6.74. The van der Waals surface area contributed by atoms with Gasteiger partial charge in [-0.05, 0) is 62.0 Å². The Morgan fingerprint density at radius 2 is 1.95 bits per heavy atom. The number of aliphatic hydroxyl groups excluding tert-OH is 1. The minimum absolute atomic E-state index is 0.0581. The summed E-state index contributed by atoms with van der Waals surface area (Å²) in [4.78, 5) is 0. The van der Waals surface area contributed by atoms with Gasteiger partial charge in [0, 0.05) is 48.9 Å². The summed E-state index contributed by atoms with van der Waals surface area (Å²) in [5, 5.41) is 19.9. The van der Waals surface area contributed by atoms with Gasteiger partial charge in [-0.1, -0.05) is 34.6 Å². The molecule has 3 heterocycles. The Morgan fingerprint density at radius 1 is 1.16 bits per heavy atom. The maximum Gasteiger partial charge on any atom is 0.250 e. The summed E-state index contributed by atoms with van der Waals surface area (Å²) >= 11 is 0. The summed E-state index contributed by atoms with van der Waals surface area (Å²) in [5.41, 5.74) is 2.84.